The Morgan fingerprint density at radius 1 is 1.73 bits per heavy atom. The van der Waals surface area contributed by atoms with Crippen molar-refractivity contribution in [1.29, 1.82) is 5.41 Å². The van der Waals surface area contributed by atoms with Gasteiger partial charge < -0.3 is 4.74 Å². The van der Waals surface area contributed by atoms with E-state index in [0.717, 1.165) is 0 Å². The van der Waals surface area contributed by atoms with E-state index in [1.54, 1.807) is 7.11 Å². The predicted molar refractivity (Wildman–Crippen MR) is 56.7 cm³/mol. The van der Waals surface area contributed by atoms with Gasteiger partial charge in [0.2, 0.25) is 0 Å². The van der Waals surface area contributed by atoms with E-state index in [1.165, 1.54) is 4.90 Å². The molecule has 5 heteroatoms. The van der Waals surface area contributed by atoms with Gasteiger partial charge in [0.15, 0.2) is 0 Å². The standard InChI is InChI=1S/C10H15N3O2/c1-4-6-13-9(14)12-8(11)10(13,5-2)7-15-3/h1H,5-7H2,2-3H3,(H2,11,12,14). The monoisotopic (exact) mass is 209 g/mol. The van der Waals surface area contributed by atoms with Crippen LogP contribution in [-0.2, 0) is 4.74 Å². The van der Waals surface area contributed by atoms with E-state index in [1.807, 2.05) is 6.92 Å². The van der Waals surface area contributed by atoms with Crippen LogP contribution >= 0.6 is 0 Å². The molecular formula is C10H15N3O2. The number of terminal acetylenes is 1. The summed E-state index contributed by atoms with van der Waals surface area (Å²) in [5.74, 6) is 2.58. The quantitative estimate of drug-likeness (QED) is 0.659. The van der Waals surface area contributed by atoms with Crippen LogP contribution in [0.5, 0.6) is 0 Å². The van der Waals surface area contributed by atoms with Gasteiger partial charge in [-0.05, 0) is 6.42 Å². The van der Waals surface area contributed by atoms with Gasteiger partial charge >= 0.3 is 6.03 Å². The van der Waals surface area contributed by atoms with E-state index in [0.29, 0.717) is 6.42 Å². The Labute approximate surface area is 89.3 Å². The summed E-state index contributed by atoms with van der Waals surface area (Å²) >= 11 is 0. The van der Waals surface area contributed by atoms with E-state index in [9.17, 15) is 4.79 Å². The lowest BCUT2D eigenvalue weighted by Crippen LogP contribution is -2.52. The largest absolute Gasteiger partial charge is 0.382 e. The SMILES string of the molecule is C#CCN1C(=O)NC(=N)C1(CC)COC. The van der Waals surface area contributed by atoms with Crippen molar-refractivity contribution in [2.24, 2.45) is 0 Å². The molecule has 2 amide bonds. The van der Waals surface area contributed by atoms with Crippen LogP contribution in [0.1, 0.15) is 13.3 Å². The molecule has 15 heavy (non-hydrogen) atoms. The Bertz CT molecular complexity index is 321. The number of carbonyl (C=O) groups is 1. The first kappa shape index (κ1) is 11.5. The van der Waals surface area contributed by atoms with Crippen molar-refractivity contribution < 1.29 is 9.53 Å². The van der Waals surface area contributed by atoms with Crippen molar-refractivity contribution in [3.8, 4) is 12.3 Å². The number of urea groups is 1. The number of ether oxygens (including phenoxy) is 1. The third-order valence-corrected chi connectivity index (χ3v) is 2.68. The van der Waals surface area contributed by atoms with Gasteiger partial charge in [0.25, 0.3) is 0 Å². The molecule has 1 aliphatic rings. The first-order valence-electron chi connectivity index (χ1n) is 4.72. The van der Waals surface area contributed by atoms with Crippen LogP contribution in [0.4, 0.5) is 4.79 Å². The predicted octanol–water partition coefficient (Wildman–Crippen LogP) is 0.417. The lowest BCUT2D eigenvalue weighted by atomic mass is 9.95. The smallest absolute Gasteiger partial charge is 0.324 e. The molecule has 0 aromatic carbocycles. The van der Waals surface area contributed by atoms with Crippen LogP contribution in [0.25, 0.3) is 0 Å². The molecule has 1 rings (SSSR count). The van der Waals surface area contributed by atoms with Crippen LogP contribution < -0.4 is 5.32 Å². The molecule has 0 radical (unpaired) electrons. The van der Waals surface area contributed by atoms with Gasteiger partial charge in [-0.15, -0.1) is 6.42 Å². The second-order valence-electron chi connectivity index (χ2n) is 3.41. The maximum absolute atomic E-state index is 11.5. The molecule has 0 aromatic rings. The molecule has 0 spiro atoms. The lowest BCUT2D eigenvalue weighted by Gasteiger charge is -2.33. The fourth-order valence-corrected chi connectivity index (χ4v) is 1.79. The van der Waals surface area contributed by atoms with Gasteiger partial charge in [0.05, 0.1) is 13.2 Å². The Balaban J connectivity index is 3.03. The number of rotatable bonds is 4. The van der Waals surface area contributed by atoms with Crippen molar-refractivity contribution in [2.75, 3.05) is 20.3 Å². The highest BCUT2D eigenvalue weighted by molar-refractivity contribution is 6.08. The highest BCUT2D eigenvalue weighted by Crippen LogP contribution is 2.25. The third-order valence-electron chi connectivity index (χ3n) is 2.68. The number of nitrogens with zero attached hydrogens (tertiary/aromatic N) is 1. The summed E-state index contributed by atoms with van der Waals surface area (Å²) in [4.78, 5) is 13.0. The average molecular weight is 209 g/mol. The molecule has 82 valence electrons. The topological polar surface area (TPSA) is 65.4 Å². The molecule has 0 saturated carbocycles. The van der Waals surface area contributed by atoms with E-state index < -0.39 is 5.54 Å². The van der Waals surface area contributed by atoms with Crippen LogP contribution in [0, 0.1) is 17.8 Å². The molecule has 1 unspecified atom stereocenters. The van der Waals surface area contributed by atoms with E-state index >= 15 is 0 Å². The zero-order chi connectivity index (χ0) is 11.5. The third kappa shape index (κ3) is 1.68. The average Bonchev–Trinajstić information content (AvgIpc) is 2.43. The number of amides is 2. The van der Waals surface area contributed by atoms with Gasteiger partial charge in [0.1, 0.15) is 11.4 Å². The fourth-order valence-electron chi connectivity index (χ4n) is 1.79. The first-order valence-corrected chi connectivity index (χ1v) is 4.72. The van der Waals surface area contributed by atoms with Crippen LogP contribution in [-0.4, -0.2) is 42.6 Å². The van der Waals surface area contributed by atoms with Crippen molar-refractivity contribution in [1.82, 2.24) is 10.2 Å². The molecule has 0 aromatic heterocycles. The summed E-state index contributed by atoms with van der Waals surface area (Å²) in [7, 11) is 1.54. The van der Waals surface area contributed by atoms with Gasteiger partial charge in [0, 0.05) is 7.11 Å². The first-order chi connectivity index (χ1) is 7.12. The number of carbonyl (C=O) groups excluding carboxylic acids is 1. The summed E-state index contributed by atoms with van der Waals surface area (Å²) in [6.45, 7) is 2.37. The second-order valence-corrected chi connectivity index (χ2v) is 3.41. The molecule has 2 N–H and O–H groups in total. The van der Waals surface area contributed by atoms with Crippen molar-refractivity contribution in [3.05, 3.63) is 0 Å². The van der Waals surface area contributed by atoms with Crippen molar-refractivity contribution in [3.63, 3.8) is 0 Å². The number of amidine groups is 1. The normalized spacial score (nSPS) is 25.3. The van der Waals surface area contributed by atoms with Crippen molar-refractivity contribution >= 4 is 11.9 Å². The Morgan fingerprint density at radius 3 is 2.87 bits per heavy atom. The molecule has 0 aliphatic carbocycles. The maximum Gasteiger partial charge on any atom is 0.324 e. The number of hydrogen-bond acceptors (Lipinski definition) is 3. The molecule has 1 fully saturated rings. The van der Waals surface area contributed by atoms with E-state index in [-0.39, 0.29) is 25.0 Å². The Morgan fingerprint density at radius 2 is 2.40 bits per heavy atom. The molecule has 0 bridgehead atoms. The van der Waals surface area contributed by atoms with Crippen molar-refractivity contribution in [2.45, 2.75) is 18.9 Å². The summed E-state index contributed by atoms with van der Waals surface area (Å²) in [5.41, 5.74) is -0.724. The second kappa shape index (κ2) is 4.32. The van der Waals surface area contributed by atoms with Crippen LogP contribution in [0.3, 0.4) is 0 Å². The molecule has 1 aliphatic heterocycles. The van der Waals surface area contributed by atoms with Crippen LogP contribution in [0.2, 0.25) is 0 Å². The summed E-state index contributed by atoms with van der Waals surface area (Å²) < 4.78 is 5.07. The summed E-state index contributed by atoms with van der Waals surface area (Å²) in [5, 5.41) is 10.2. The lowest BCUT2D eigenvalue weighted by molar-refractivity contribution is 0.0891. The molecule has 1 atom stereocenters. The Kier molecular flexibility index (Phi) is 3.32. The molecule has 5 nitrogen and oxygen atoms in total. The minimum absolute atomic E-state index is 0.159. The molecule has 1 saturated heterocycles. The summed E-state index contributed by atoms with van der Waals surface area (Å²) in [6, 6.07) is -0.322. The zero-order valence-electron chi connectivity index (χ0n) is 8.96. The molecular weight excluding hydrogens is 194 g/mol. The van der Waals surface area contributed by atoms with Gasteiger partial charge in [-0.1, -0.05) is 12.8 Å². The minimum atomic E-state index is -0.724. The number of nitrogens with one attached hydrogen (secondary N) is 2. The summed E-state index contributed by atoms with van der Waals surface area (Å²) in [6.07, 6.45) is 5.80. The Hall–Kier alpha value is -1.54. The van der Waals surface area contributed by atoms with Crippen LogP contribution in [0.15, 0.2) is 0 Å². The number of methoxy groups -OCH3 is 1. The highest BCUT2D eigenvalue weighted by atomic mass is 16.5. The van der Waals surface area contributed by atoms with Gasteiger partial charge in [-0.2, -0.15) is 0 Å². The van der Waals surface area contributed by atoms with E-state index in [4.69, 9.17) is 16.6 Å². The maximum atomic E-state index is 11.5. The minimum Gasteiger partial charge on any atom is -0.382 e. The van der Waals surface area contributed by atoms with Gasteiger partial charge in [-0.3, -0.25) is 15.6 Å². The zero-order valence-corrected chi connectivity index (χ0v) is 8.96. The van der Waals surface area contributed by atoms with E-state index in [2.05, 4.69) is 11.2 Å². The van der Waals surface area contributed by atoms with Gasteiger partial charge in [-0.25, -0.2) is 4.79 Å². The fraction of sp³-hybridized carbons (Fsp3) is 0.600. The molecule has 1 heterocycles. The number of hydrogen-bond donors (Lipinski definition) is 2. The highest BCUT2D eigenvalue weighted by Gasteiger charge is 2.48.